The fourth-order valence-corrected chi connectivity index (χ4v) is 2.60. The Kier molecular flexibility index (Phi) is 5.11. The maximum absolute atomic E-state index is 12.3. The summed E-state index contributed by atoms with van der Waals surface area (Å²) in [5.74, 6) is 0.415. The number of hydrogen-bond acceptors (Lipinski definition) is 4. The molecule has 0 spiro atoms. The van der Waals surface area contributed by atoms with Crippen LogP contribution in [0.4, 0.5) is 5.69 Å². The Balaban J connectivity index is 1.71. The minimum absolute atomic E-state index is 0.234. The summed E-state index contributed by atoms with van der Waals surface area (Å²) < 4.78 is 5.42. The van der Waals surface area contributed by atoms with Gasteiger partial charge in [-0.3, -0.25) is 9.89 Å². The molecule has 0 unspecified atom stereocenters. The minimum Gasteiger partial charge on any atom is -0.496 e. The highest BCUT2D eigenvalue weighted by Gasteiger charge is 2.15. The number of benzene rings is 2. The number of H-pyrrole nitrogens is 1. The third-order valence-electron chi connectivity index (χ3n) is 3.91. The molecular weight excluding hydrogens is 316 g/mol. The second-order valence-corrected chi connectivity index (χ2v) is 5.69. The quantitative estimate of drug-likeness (QED) is 0.645. The van der Waals surface area contributed by atoms with Gasteiger partial charge in [-0.05, 0) is 24.1 Å². The lowest BCUT2D eigenvalue weighted by atomic mass is 10.1. The molecule has 3 rings (SSSR count). The lowest BCUT2D eigenvalue weighted by molar-refractivity contribution is -0.117. The van der Waals surface area contributed by atoms with Gasteiger partial charge in [0.25, 0.3) is 0 Å². The Labute approximate surface area is 146 Å². The number of carbonyl (C=O) groups is 1. The maximum Gasteiger partial charge on any atom is 0.241 e. The summed E-state index contributed by atoms with van der Waals surface area (Å²) in [4.78, 5) is 12.3. The van der Waals surface area contributed by atoms with Crippen LogP contribution in [-0.2, 0) is 11.2 Å². The number of amides is 1. The highest BCUT2D eigenvalue weighted by molar-refractivity contribution is 5.95. The van der Waals surface area contributed by atoms with Gasteiger partial charge in [0, 0.05) is 29.1 Å². The van der Waals surface area contributed by atoms with Crippen LogP contribution in [0.25, 0.3) is 11.1 Å². The van der Waals surface area contributed by atoms with Gasteiger partial charge in [0.1, 0.15) is 5.75 Å². The van der Waals surface area contributed by atoms with Crippen molar-refractivity contribution in [2.24, 2.45) is 5.73 Å². The second kappa shape index (κ2) is 7.63. The lowest BCUT2D eigenvalue weighted by Crippen LogP contribution is -2.37. The summed E-state index contributed by atoms with van der Waals surface area (Å²) >= 11 is 0. The van der Waals surface area contributed by atoms with Crippen molar-refractivity contribution in [3.8, 4) is 16.9 Å². The van der Waals surface area contributed by atoms with E-state index in [1.807, 2.05) is 42.5 Å². The van der Waals surface area contributed by atoms with E-state index in [1.165, 1.54) is 0 Å². The number of nitrogens with two attached hydrogens (primary N) is 1. The van der Waals surface area contributed by atoms with Crippen molar-refractivity contribution in [3.05, 3.63) is 66.5 Å². The molecule has 0 bridgehead atoms. The SMILES string of the molecule is COc1cc(NC(=O)[C@@H](N)Cc2ccccc2)ccc1-c1cn[nH]c1. The summed E-state index contributed by atoms with van der Waals surface area (Å²) in [5, 5.41) is 9.56. The Bertz CT molecular complexity index is 832. The van der Waals surface area contributed by atoms with Crippen LogP contribution >= 0.6 is 0 Å². The smallest absolute Gasteiger partial charge is 0.241 e. The molecule has 4 N–H and O–H groups in total. The Hall–Kier alpha value is -3.12. The molecule has 0 aliphatic heterocycles. The molecule has 128 valence electrons. The molecule has 1 aromatic heterocycles. The molecule has 2 aromatic carbocycles. The number of carbonyl (C=O) groups excluding carboxylic acids is 1. The van der Waals surface area contributed by atoms with Crippen molar-refractivity contribution >= 4 is 11.6 Å². The Morgan fingerprint density at radius 1 is 1.28 bits per heavy atom. The third-order valence-corrected chi connectivity index (χ3v) is 3.91. The molecule has 3 aromatic rings. The molecule has 0 aliphatic carbocycles. The van der Waals surface area contributed by atoms with Gasteiger partial charge in [-0.2, -0.15) is 5.10 Å². The van der Waals surface area contributed by atoms with Crippen LogP contribution in [0.5, 0.6) is 5.75 Å². The van der Waals surface area contributed by atoms with Gasteiger partial charge >= 0.3 is 0 Å². The summed E-state index contributed by atoms with van der Waals surface area (Å²) in [6.07, 6.45) is 3.98. The second-order valence-electron chi connectivity index (χ2n) is 5.69. The van der Waals surface area contributed by atoms with Crippen molar-refractivity contribution in [1.29, 1.82) is 0 Å². The molecule has 1 amide bonds. The maximum atomic E-state index is 12.3. The van der Waals surface area contributed by atoms with Crippen LogP contribution < -0.4 is 15.8 Å². The molecule has 6 nitrogen and oxygen atoms in total. The Morgan fingerprint density at radius 3 is 2.76 bits per heavy atom. The molecule has 0 saturated carbocycles. The van der Waals surface area contributed by atoms with Gasteiger partial charge in [0.15, 0.2) is 0 Å². The van der Waals surface area contributed by atoms with E-state index in [-0.39, 0.29) is 5.91 Å². The standard InChI is InChI=1S/C19H20N4O2/c1-25-18-10-15(7-8-16(18)14-11-21-22-12-14)23-19(24)17(20)9-13-5-3-2-4-6-13/h2-8,10-12,17H,9,20H2,1H3,(H,21,22)(H,23,24)/t17-/m0/s1. The van der Waals surface area contributed by atoms with Gasteiger partial charge in [-0.1, -0.05) is 30.3 Å². The number of ether oxygens (including phenoxy) is 1. The molecule has 0 aliphatic rings. The van der Waals surface area contributed by atoms with Crippen LogP contribution in [0.1, 0.15) is 5.56 Å². The van der Waals surface area contributed by atoms with Crippen LogP contribution in [0.15, 0.2) is 60.9 Å². The van der Waals surface area contributed by atoms with Gasteiger partial charge in [0.2, 0.25) is 5.91 Å². The lowest BCUT2D eigenvalue weighted by Gasteiger charge is -2.14. The number of aromatic nitrogens is 2. The van der Waals surface area contributed by atoms with Gasteiger partial charge in [-0.15, -0.1) is 0 Å². The predicted octanol–water partition coefficient (Wildman–Crippen LogP) is 2.59. The van der Waals surface area contributed by atoms with Crippen molar-refractivity contribution < 1.29 is 9.53 Å². The van der Waals surface area contributed by atoms with Gasteiger partial charge < -0.3 is 15.8 Å². The number of methoxy groups -OCH3 is 1. The number of rotatable bonds is 6. The summed E-state index contributed by atoms with van der Waals surface area (Å²) in [6, 6.07) is 14.5. The minimum atomic E-state index is -0.623. The molecule has 0 fully saturated rings. The van der Waals surface area contributed by atoms with E-state index in [2.05, 4.69) is 15.5 Å². The summed E-state index contributed by atoms with van der Waals surface area (Å²) in [5.41, 5.74) is 9.49. The van der Waals surface area contributed by atoms with Crippen molar-refractivity contribution in [2.75, 3.05) is 12.4 Å². The highest BCUT2D eigenvalue weighted by Crippen LogP contribution is 2.31. The van der Waals surface area contributed by atoms with E-state index in [4.69, 9.17) is 10.5 Å². The van der Waals surface area contributed by atoms with Crippen molar-refractivity contribution in [3.63, 3.8) is 0 Å². The third kappa shape index (κ3) is 4.05. The fraction of sp³-hybridized carbons (Fsp3) is 0.158. The van der Waals surface area contributed by atoms with E-state index in [0.717, 1.165) is 16.7 Å². The first-order valence-corrected chi connectivity index (χ1v) is 7.95. The van der Waals surface area contributed by atoms with Crippen LogP contribution in [0.3, 0.4) is 0 Å². The monoisotopic (exact) mass is 336 g/mol. The first-order valence-electron chi connectivity index (χ1n) is 7.95. The molecular formula is C19H20N4O2. The summed E-state index contributed by atoms with van der Waals surface area (Å²) in [7, 11) is 1.59. The van der Waals surface area contributed by atoms with E-state index < -0.39 is 6.04 Å². The van der Waals surface area contributed by atoms with E-state index in [9.17, 15) is 4.79 Å². The zero-order chi connectivity index (χ0) is 17.6. The first kappa shape index (κ1) is 16.7. The van der Waals surface area contributed by atoms with E-state index in [1.54, 1.807) is 25.6 Å². The van der Waals surface area contributed by atoms with Gasteiger partial charge in [-0.25, -0.2) is 0 Å². The van der Waals surface area contributed by atoms with Crippen molar-refractivity contribution in [2.45, 2.75) is 12.5 Å². The first-order chi connectivity index (χ1) is 12.2. The topological polar surface area (TPSA) is 93.0 Å². The number of hydrogen-bond donors (Lipinski definition) is 3. The molecule has 25 heavy (non-hydrogen) atoms. The number of aromatic amines is 1. The zero-order valence-electron chi connectivity index (χ0n) is 13.9. The number of anilines is 1. The van der Waals surface area contributed by atoms with E-state index >= 15 is 0 Å². The average molecular weight is 336 g/mol. The normalized spacial score (nSPS) is 11.8. The van der Waals surface area contributed by atoms with Crippen molar-refractivity contribution in [1.82, 2.24) is 10.2 Å². The largest absolute Gasteiger partial charge is 0.496 e. The molecule has 0 saturated heterocycles. The molecule has 1 atom stereocenters. The van der Waals surface area contributed by atoms with Crippen LogP contribution in [-0.4, -0.2) is 29.3 Å². The molecule has 1 heterocycles. The number of nitrogens with one attached hydrogen (secondary N) is 2. The zero-order valence-corrected chi connectivity index (χ0v) is 13.9. The summed E-state index contributed by atoms with van der Waals surface area (Å²) in [6.45, 7) is 0. The Morgan fingerprint density at radius 2 is 2.08 bits per heavy atom. The fourth-order valence-electron chi connectivity index (χ4n) is 2.60. The average Bonchev–Trinajstić information content (AvgIpc) is 3.16. The molecule has 6 heteroatoms. The van der Waals surface area contributed by atoms with Crippen LogP contribution in [0, 0.1) is 0 Å². The van der Waals surface area contributed by atoms with Crippen LogP contribution in [0.2, 0.25) is 0 Å². The number of nitrogens with zero attached hydrogens (tertiary/aromatic N) is 1. The van der Waals surface area contributed by atoms with Gasteiger partial charge in [0.05, 0.1) is 19.3 Å². The van der Waals surface area contributed by atoms with E-state index in [0.29, 0.717) is 17.9 Å². The predicted molar refractivity (Wildman–Crippen MR) is 97.3 cm³/mol. The highest BCUT2D eigenvalue weighted by atomic mass is 16.5. The molecule has 0 radical (unpaired) electrons.